The van der Waals surface area contributed by atoms with Crippen molar-refractivity contribution in [1.82, 2.24) is 4.90 Å². The number of benzene rings is 1. The summed E-state index contributed by atoms with van der Waals surface area (Å²) in [6, 6.07) is 9.41. The van der Waals surface area contributed by atoms with Gasteiger partial charge in [-0.3, -0.25) is 4.79 Å². The average Bonchev–Trinajstić information content (AvgIpc) is 2.27. The van der Waals surface area contributed by atoms with Crippen LogP contribution in [0.2, 0.25) is 0 Å². The molecule has 0 aromatic heterocycles. The lowest BCUT2D eigenvalue weighted by Gasteiger charge is -2.23. The van der Waals surface area contributed by atoms with Crippen LogP contribution in [0.5, 0.6) is 0 Å². The quantitative estimate of drug-likeness (QED) is 0.820. The zero-order valence-corrected chi connectivity index (χ0v) is 11.5. The van der Waals surface area contributed by atoms with Crippen molar-refractivity contribution in [2.75, 3.05) is 7.05 Å². The zero-order valence-electron chi connectivity index (χ0n) is 11.5. The molecule has 0 saturated carbocycles. The number of rotatable bonds is 3. The number of hydrogen-bond donors (Lipinski definition) is 0. The predicted octanol–water partition coefficient (Wildman–Crippen LogP) is 2.95. The first-order valence-electron chi connectivity index (χ1n) is 6.05. The van der Waals surface area contributed by atoms with E-state index in [9.17, 15) is 4.79 Å². The van der Waals surface area contributed by atoms with Crippen LogP contribution in [-0.4, -0.2) is 17.9 Å². The summed E-state index contributed by atoms with van der Waals surface area (Å²) in [7, 11) is 1.81. The van der Waals surface area contributed by atoms with Crippen molar-refractivity contribution < 1.29 is 4.79 Å². The van der Waals surface area contributed by atoms with Gasteiger partial charge in [0.15, 0.2) is 0 Å². The highest BCUT2D eigenvalue weighted by molar-refractivity contribution is 5.76. The highest BCUT2D eigenvalue weighted by Crippen LogP contribution is 2.20. The second-order valence-corrected chi connectivity index (χ2v) is 5.80. The van der Waals surface area contributed by atoms with E-state index in [0.29, 0.717) is 18.5 Å². The van der Waals surface area contributed by atoms with Gasteiger partial charge in [-0.1, -0.05) is 32.9 Å². The van der Waals surface area contributed by atoms with E-state index in [2.05, 4.69) is 26.8 Å². The fraction of sp³-hybridized carbons (Fsp3) is 0.467. The summed E-state index contributed by atoms with van der Waals surface area (Å²) in [6.07, 6.45) is 0.541. The molecule has 96 valence electrons. The van der Waals surface area contributed by atoms with Gasteiger partial charge in [0.05, 0.1) is 11.6 Å². The molecule has 3 heteroatoms. The van der Waals surface area contributed by atoms with Gasteiger partial charge in [-0.15, -0.1) is 0 Å². The molecule has 0 N–H and O–H groups in total. The Morgan fingerprint density at radius 3 is 2.28 bits per heavy atom. The van der Waals surface area contributed by atoms with Crippen molar-refractivity contribution in [3.8, 4) is 6.07 Å². The topological polar surface area (TPSA) is 44.1 Å². The van der Waals surface area contributed by atoms with Crippen LogP contribution in [-0.2, 0) is 11.3 Å². The van der Waals surface area contributed by atoms with E-state index >= 15 is 0 Å². The molecular formula is C15H20N2O. The van der Waals surface area contributed by atoms with Crippen LogP contribution < -0.4 is 0 Å². The maximum atomic E-state index is 12.0. The van der Waals surface area contributed by atoms with Crippen LogP contribution >= 0.6 is 0 Å². The van der Waals surface area contributed by atoms with Crippen molar-refractivity contribution in [3.05, 3.63) is 35.4 Å². The van der Waals surface area contributed by atoms with E-state index in [1.165, 1.54) is 0 Å². The Hall–Kier alpha value is -1.82. The molecule has 1 aromatic rings. The van der Waals surface area contributed by atoms with Gasteiger partial charge in [0.25, 0.3) is 0 Å². The third-order valence-electron chi connectivity index (χ3n) is 2.61. The minimum atomic E-state index is 0.00993. The average molecular weight is 244 g/mol. The largest absolute Gasteiger partial charge is 0.341 e. The van der Waals surface area contributed by atoms with Crippen LogP contribution in [0.4, 0.5) is 0 Å². The Morgan fingerprint density at radius 2 is 1.83 bits per heavy atom. The first-order valence-corrected chi connectivity index (χ1v) is 6.05. The molecule has 0 aliphatic carbocycles. The normalized spacial score (nSPS) is 10.8. The molecule has 0 aliphatic heterocycles. The van der Waals surface area contributed by atoms with Crippen molar-refractivity contribution in [1.29, 1.82) is 5.26 Å². The molecular weight excluding hydrogens is 224 g/mol. The predicted molar refractivity (Wildman–Crippen MR) is 71.7 cm³/mol. The zero-order chi connectivity index (χ0) is 13.8. The fourth-order valence-electron chi connectivity index (χ4n) is 1.64. The van der Waals surface area contributed by atoms with Gasteiger partial charge >= 0.3 is 0 Å². The highest BCUT2D eigenvalue weighted by atomic mass is 16.2. The molecule has 18 heavy (non-hydrogen) atoms. The third-order valence-corrected chi connectivity index (χ3v) is 2.61. The molecule has 0 spiro atoms. The van der Waals surface area contributed by atoms with Crippen LogP contribution in [0.1, 0.15) is 38.3 Å². The van der Waals surface area contributed by atoms with E-state index in [-0.39, 0.29) is 11.3 Å². The Kier molecular flexibility index (Phi) is 4.49. The molecule has 3 nitrogen and oxygen atoms in total. The second-order valence-electron chi connectivity index (χ2n) is 5.80. The van der Waals surface area contributed by atoms with E-state index in [4.69, 9.17) is 5.26 Å². The van der Waals surface area contributed by atoms with Gasteiger partial charge in [-0.2, -0.15) is 5.26 Å². The minimum Gasteiger partial charge on any atom is -0.341 e. The molecule has 1 rings (SSSR count). The number of nitriles is 1. The Bertz CT molecular complexity index is 449. The molecule has 0 fully saturated rings. The van der Waals surface area contributed by atoms with Crippen LogP contribution in [0, 0.1) is 16.7 Å². The summed E-state index contributed by atoms with van der Waals surface area (Å²) in [4.78, 5) is 13.7. The Morgan fingerprint density at radius 1 is 1.28 bits per heavy atom. The minimum absolute atomic E-state index is 0.00993. The van der Waals surface area contributed by atoms with Crippen molar-refractivity contribution in [2.24, 2.45) is 5.41 Å². The molecule has 0 atom stereocenters. The molecule has 0 unspecified atom stereocenters. The van der Waals surface area contributed by atoms with Crippen LogP contribution in [0.15, 0.2) is 24.3 Å². The molecule has 0 aliphatic rings. The molecule has 0 heterocycles. The van der Waals surface area contributed by atoms with Crippen molar-refractivity contribution >= 4 is 5.91 Å². The van der Waals surface area contributed by atoms with E-state index in [1.807, 2.05) is 19.2 Å². The highest BCUT2D eigenvalue weighted by Gasteiger charge is 2.18. The van der Waals surface area contributed by atoms with E-state index < -0.39 is 0 Å². The van der Waals surface area contributed by atoms with E-state index in [0.717, 1.165) is 5.56 Å². The monoisotopic (exact) mass is 244 g/mol. The summed E-state index contributed by atoms with van der Waals surface area (Å²) in [5, 5.41) is 8.71. The Balaban J connectivity index is 2.61. The summed E-state index contributed by atoms with van der Waals surface area (Å²) in [5.41, 5.74) is 1.69. The standard InChI is InChI=1S/C15H20N2O/c1-15(2,3)9-14(18)17(4)11-13-7-5-12(10-16)6-8-13/h5-8H,9,11H2,1-4H3. The fourth-order valence-corrected chi connectivity index (χ4v) is 1.64. The van der Waals surface area contributed by atoms with Gasteiger partial charge in [0.1, 0.15) is 0 Å². The van der Waals surface area contributed by atoms with Crippen molar-refractivity contribution in [2.45, 2.75) is 33.7 Å². The summed E-state index contributed by atoms with van der Waals surface area (Å²) in [6.45, 7) is 6.75. The van der Waals surface area contributed by atoms with Gasteiger partial charge in [-0.05, 0) is 23.1 Å². The van der Waals surface area contributed by atoms with Gasteiger partial charge in [0, 0.05) is 20.0 Å². The van der Waals surface area contributed by atoms with Crippen LogP contribution in [0.3, 0.4) is 0 Å². The lowest BCUT2D eigenvalue weighted by atomic mass is 9.91. The molecule has 1 amide bonds. The summed E-state index contributed by atoms with van der Waals surface area (Å²) < 4.78 is 0. The maximum Gasteiger partial charge on any atom is 0.223 e. The summed E-state index contributed by atoms with van der Waals surface area (Å²) in [5.74, 6) is 0.145. The molecule has 0 bridgehead atoms. The number of carbonyl (C=O) groups is 1. The first-order chi connectivity index (χ1) is 8.31. The molecule has 1 aromatic carbocycles. The van der Waals surface area contributed by atoms with E-state index in [1.54, 1.807) is 17.0 Å². The van der Waals surface area contributed by atoms with Crippen molar-refractivity contribution in [3.63, 3.8) is 0 Å². The summed E-state index contributed by atoms with van der Waals surface area (Å²) >= 11 is 0. The first kappa shape index (κ1) is 14.2. The van der Waals surface area contributed by atoms with Gasteiger partial charge < -0.3 is 4.90 Å². The number of hydrogen-bond acceptors (Lipinski definition) is 2. The number of nitrogens with zero attached hydrogens (tertiary/aromatic N) is 2. The SMILES string of the molecule is CN(Cc1ccc(C#N)cc1)C(=O)CC(C)(C)C. The van der Waals surface area contributed by atoms with Gasteiger partial charge in [0.2, 0.25) is 5.91 Å². The second kappa shape index (κ2) is 5.68. The molecule has 0 saturated heterocycles. The number of carbonyl (C=O) groups excluding carboxylic acids is 1. The Labute approximate surface area is 109 Å². The molecule has 0 radical (unpaired) electrons. The lowest BCUT2D eigenvalue weighted by Crippen LogP contribution is -2.29. The smallest absolute Gasteiger partial charge is 0.223 e. The third kappa shape index (κ3) is 4.58. The van der Waals surface area contributed by atoms with Crippen LogP contribution in [0.25, 0.3) is 0 Å². The number of amides is 1. The lowest BCUT2D eigenvalue weighted by molar-refractivity contribution is -0.132. The maximum absolute atomic E-state index is 12.0. The van der Waals surface area contributed by atoms with Gasteiger partial charge in [-0.25, -0.2) is 0 Å².